The summed E-state index contributed by atoms with van der Waals surface area (Å²) in [5, 5.41) is 0. The lowest BCUT2D eigenvalue weighted by atomic mass is 10.2. The van der Waals surface area contributed by atoms with Crippen LogP contribution >= 0.6 is 7.60 Å². The molecular weight excluding hydrogens is 237 g/mol. The molecule has 0 bridgehead atoms. The molecule has 0 aromatic heterocycles. The van der Waals surface area contributed by atoms with Gasteiger partial charge in [0, 0.05) is 12.1 Å². The molecule has 0 amide bonds. The van der Waals surface area contributed by atoms with E-state index in [2.05, 4.69) is 18.7 Å². The predicted molar refractivity (Wildman–Crippen MR) is 70.6 cm³/mol. The second-order valence-corrected chi connectivity index (χ2v) is 6.86. The minimum atomic E-state index is -2.89. The zero-order valence-corrected chi connectivity index (χ0v) is 12.4. The van der Waals surface area contributed by atoms with Crippen LogP contribution in [0.25, 0.3) is 0 Å². The van der Waals surface area contributed by atoms with Crippen molar-refractivity contribution in [1.82, 2.24) is 4.90 Å². The van der Waals surface area contributed by atoms with Gasteiger partial charge in [-0.2, -0.15) is 0 Å². The highest BCUT2D eigenvalue weighted by Gasteiger charge is 2.35. The molecule has 0 radical (unpaired) electrons. The van der Waals surface area contributed by atoms with Gasteiger partial charge in [0.2, 0.25) is 0 Å². The summed E-state index contributed by atoms with van der Waals surface area (Å²) in [6.45, 7) is 10.1. The van der Waals surface area contributed by atoms with Crippen molar-refractivity contribution in [3.8, 4) is 0 Å². The molecule has 0 spiro atoms. The summed E-state index contributed by atoms with van der Waals surface area (Å²) < 4.78 is 23.2. The summed E-state index contributed by atoms with van der Waals surface area (Å²) in [6.07, 6.45) is 2.82. The molecule has 1 aliphatic heterocycles. The van der Waals surface area contributed by atoms with Crippen molar-refractivity contribution in [2.24, 2.45) is 0 Å². The molecule has 1 atom stereocenters. The second-order valence-electron chi connectivity index (χ2n) is 4.76. The van der Waals surface area contributed by atoms with E-state index >= 15 is 0 Å². The lowest BCUT2D eigenvalue weighted by Gasteiger charge is -2.30. The van der Waals surface area contributed by atoms with E-state index in [9.17, 15) is 4.57 Å². The van der Waals surface area contributed by atoms with Crippen LogP contribution in [0.4, 0.5) is 0 Å². The van der Waals surface area contributed by atoms with Gasteiger partial charge < -0.3 is 9.05 Å². The van der Waals surface area contributed by atoms with Crippen molar-refractivity contribution in [3.63, 3.8) is 0 Å². The van der Waals surface area contributed by atoms with Crippen LogP contribution in [0.2, 0.25) is 0 Å². The number of nitrogens with zero attached hydrogens (tertiary/aromatic N) is 1. The molecule has 1 unspecified atom stereocenters. The summed E-state index contributed by atoms with van der Waals surface area (Å²) >= 11 is 0. The number of hydrogen-bond acceptors (Lipinski definition) is 4. The van der Waals surface area contributed by atoms with Gasteiger partial charge in [0.05, 0.1) is 19.4 Å². The van der Waals surface area contributed by atoms with E-state index in [0.29, 0.717) is 31.5 Å². The predicted octanol–water partition coefficient (Wildman–Crippen LogP) is 3.13. The molecule has 1 saturated heterocycles. The maximum Gasteiger partial charge on any atom is 0.332 e. The molecule has 17 heavy (non-hydrogen) atoms. The monoisotopic (exact) mass is 263 g/mol. The van der Waals surface area contributed by atoms with E-state index < -0.39 is 7.60 Å². The number of likely N-dealkylation sites (tertiary alicyclic amines) is 1. The first kappa shape index (κ1) is 15.2. The van der Waals surface area contributed by atoms with Gasteiger partial charge in [-0.1, -0.05) is 0 Å². The second kappa shape index (κ2) is 6.89. The van der Waals surface area contributed by atoms with Gasteiger partial charge in [-0.3, -0.25) is 9.46 Å². The van der Waals surface area contributed by atoms with Crippen LogP contribution in [-0.4, -0.2) is 42.9 Å². The van der Waals surface area contributed by atoms with Crippen LogP contribution in [0.5, 0.6) is 0 Å². The van der Waals surface area contributed by atoms with Crippen molar-refractivity contribution in [2.75, 3.05) is 25.9 Å². The summed E-state index contributed by atoms with van der Waals surface area (Å²) in [7, 11) is -2.89. The van der Waals surface area contributed by atoms with Crippen molar-refractivity contribution in [1.29, 1.82) is 0 Å². The first-order valence-corrected chi connectivity index (χ1v) is 8.39. The molecule has 0 aromatic rings. The van der Waals surface area contributed by atoms with E-state index in [1.165, 1.54) is 6.42 Å². The Morgan fingerprint density at radius 3 is 2.35 bits per heavy atom. The summed E-state index contributed by atoms with van der Waals surface area (Å²) in [5.41, 5.74) is 0. The third-order valence-corrected chi connectivity index (χ3v) is 5.34. The van der Waals surface area contributed by atoms with E-state index in [-0.39, 0.29) is 0 Å². The van der Waals surface area contributed by atoms with Gasteiger partial charge in [0.25, 0.3) is 0 Å². The molecule has 0 N–H and O–H groups in total. The fourth-order valence-electron chi connectivity index (χ4n) is 2.53. The highest BCUT2D eigenvalue weighted by Crippen LogP contribution is 2.50. The Labute approximate surface area is 105 Å². The minimum absolute atomic E-state index is 0.346. The minimum Gasteiger partial charge on any atom is -0.309 e. The Hall–Kier alpha value is 0.110. The molecule has 5 heteroatoms. The van der Waals surface area contributed by atoms with Crippen LogP contribution < -0.4 is 0 Å². The van der Waals surface area contributed by atoms with Crippen LogP contribution in [0.15, 0.2) is 0 Å². The van der Waals surface area contributed by atoms with Gasteiger partial charge in [-0.25, -0.2) is 0 Å². The van der Waals surface area contributed by atoms with E-state index in [1.54, 1.807) is 0 Å². The Morgan fingerprint density at radius 1 is 1.29 bits per heavy atom. The van der Waals surface area contributed by atoms with E-state index in [1.807, 2.05) is 13.8 Å². The molecule has 4 nitrogen and oxygen atoms in total. The summed E-state index contributed by atoms with van der Waals surface area (Å²) in [4.78, 5) is 2.41. The zero-order valence-electron chi connectivity index (χ0n) is 11.5. The standard InChI is InChI=1S/C12H26NO3P/c1-5-15-17(14,16-6-2)10-12-8-7-9-13(12)11(3)4/h11-12H,5-10H2,1-4H3. The van der Waals surface area contributed by atoms with Gasteiger partial charge in [-0.05, 0) is 47.1 Å². The van der Waals surface area contributed by atoms with Crippen LogP contribution in [0.3, 0.4) is 0 Å². The first-order valence-electron chi connectivity index (χ1n) is 6.66. The largest absolute Gasteiger partial charge is 0.332 e. The van der Waals surface area contributed by atoms with Crippen LogP contribution in [0.1, 0.15) is 40.5 Å². The Morgan fingerprint density at radius 2 is 1.88 bits per heavy atom. The van der Waals surface area contributed by atoms with E-state index in [4.69, 9.17) is 9.05 Å². The molecule has 0 aromatic carbocycles. The molecular formula is C12H26NO3P. The molecule has 1 aliphatic rings. The van der Waals surface area contributed by atoms with Crippen LogP contribution in [0, 0.1) is 0 Å². The average Bonchev–Trinajstić information content (AvgIpc) is 2.66. The fourth-order valence-corrected chi connectivity index (χ4v) is 4.51. The molecule has 1 rings (SSSR count). The Balaban J connectivity index is 2.63. The van der Waals surface area contributed by atoms with Gasteiger partial charge >= 0.3 is 7.60 Å². The highest BCUT2D eigenvalue weighted by atomic mass is 31.2. The fraction of sp³-hybridized carbons (Fsp3) is 1.00. The summed E-state index contributed by atoms with van der Waals surface area (Å²) in [6, 6.07) is 0.845. The molecule has 0 saturated carbocycles. The molecule has 1 fully saturated rings. The Kier molecular flexibility index (Phi) is 6.14. The van der Waals surface area contributed by atoms with Crippen molar-refractivity contribution >= 4 is 7.60 Å². The van der Waals surface area contributed by atoms with Gasteiger partial charge in [-0.15, -0.1) is 0 Å². The maximum absolute atomic E-state index is 12.5. The van der Waals surface area contributed by atoms with Gasteiger partial charge in [0.1, 0.15) is 0 Å². The van der Waals surface area contributed by atoms with Crippen LogP contribution in [-0.2, 0) is 13.6 Å². The normalized spacial score (nSPS) is 22.5. The molecule has 1 heterocycles. The smallest absolute Gasteiger partial charge is 0.309 e. The lowest BCUT2D eigenvalue weighted by molar-refractivity contribution is 0.187. The zero-order chi connectivity index (χ0) is 12.9. The topological polar surface area (TPSA) is 38.8 Å². The average molecular weight is 263 g/mol. The molecule has 0 aliphatic carbocycles. The first-order chi connectivity index (χ1) is 8.02. The van der Waals surface area contributed by atoms with Crippen molar-refractivity contribution in [2.45, 2.75) is 52.6 Å². The highest BCUT2D eigenvalue weighted by molar-refractivity contribution is 7.53. The van der Waals surface area contributed by atoms with Crippen molar-refractivity contribution < 1.29 is 13.6 Å². The van der Waals surface area contributed by atoms with Crippen molar-refractivity contribution in [3.05, 3.63) is 0 Å². The lowest BCUT2D eigenvalue weighted by Crippen LogP contribution is -2.37. The number of hydrogen-bond donors (Lipinski definition) is 0. The van der Waals surface area contributed by atoms with E-state index in [0.717, 1.165) is 13.0 Å². The quantitative estimate of drug-likeness (QED) is 0.661. The Bertz CT molecular complexity index is 260. The maximum atomic E-state index is 12.5. The number of rotatable bonds is 7. The third kappa shape index (κ3) is 4.36. The molecule has 102 valence electrons. The van der Waals surface area contributed by atoms with Gasteiger partial charge in [0.15, 0.2) is 0 Å². The SMILES string of the molecule is CCOP(=O)(CC1CCCN1C(C)C)OCC. The third-order valence-electron chi connectivity index (χ3n) is 3.17. The summed E-state index contributed by atoms with van der Waals surface area (Å²) in [5.74, 6) is 0.